The second kappa shape index (κ2) is 6.92. The summed E-state index contributed by atoms with van der Waals surface area (Å²) in [6, 6.07) is 2.82. The molecule has 0 fully saturated rings. The fourth-order valence-electron chi connectivity index (χ4n) is 2.14. The Morgan fingerprint density at radius 3 is 2.32 bits per heavy atom. The molecule has 0 saturated carbocycles. The first-order chi connectivity index (χ1) is 8.86. The Bertz CT molecular complexity index is 396. The van der Waals surface area contributed by atoms with Gasteiger partial charge in [-0.15, -0.1) is 0 Å². The van der Waals surface area contributed by atoms with Crippen LogP contribution in [0.2, 0.25) is 0 Å². The molecule has 19 heavy (non-hydrogen) atoms. The fourth-order valence-corrected chi connectivity index (χ4v) is 2.14. The Hall–Kier alpha value is -1.06. The molecule has 0 radical (unpaired) electrons. The zero-order chi connectivity index (χ0) is 14.5. The summed E-state index contributed by atoms with van der Waals surface area (Å²) in [5, 5.41) is 0. The van der Waals surface area contributed by atoms with Gasteiger partial charge in [-0.2, -0.15) is 13.2 Å². The van der Waals surface area contributed by atoms with Crippen LogP contribution in [0.1, 0.15) is 63.0 Å². The van der Waals surface area contributed by atoms with Gasteiger partial charge in [0.2, 0.25) is 0 Å². The first-order valence-corrected chi connectivity index (χ1v) is 6.73. The molecule has 0 bridgehead atoms. The molecular weight excluding hydrogens is 256 g/mol. The van der Waals surface area contributed by atoms with E-state index in [9.17, 15) is 17.6 Å². The van der Waals surface area contributed by atoms with E-state index in [0.29, 0.717) is 11.6 Å². The van der Waals surface area contributed by atoms with Gasteiger partial charge in [0.05, 0.1) is 5.56 Å². The van der Waals surface area contributed by atoms with E-state index in [1.807, 2.05) is 6.92 Å². The Morgan fingerprint density at radius 1 is 1.11 bits per heavy atom. The fraction of sp³-hybridized carbons (Fsp3) is 0.600. The van der Waals surface area contributed by atoms with Crippen molar-refractivity contribution < 1.29 is 17.6 Å². The molecule has 0 aromatic heterocycles. The van der Waals surface area contributed by atoms with Crippen molar-refractivity contribution in [3.63, 3.8) is 0 Å². The lowest BCUT2D eigenvalue weighted by molar-refractivity contribution is -0.137. The molecule has 0 N–H and O–H groups in total. The molecule has 0 heterocycles. The summed E-state index contributed by atoms with van der Waals surface area (Å²) in [4.78, 5) is 0. The molecule has 1 atom stereocenters. The lowest BCUT2D eigenvalue weighted by Gasteiger charge is -2.14. The van der Waals surface area contributed by atoms with Gasteiger partial charge < -0.3 is 0 Å². The average molecular weight is 276 g/mol. The molecule has 1 aromatic carbocycles. The molecule has 0 aliphatic rings. The van der Waals surface area contributed by atoms with Crippen molar-refractivity contribution in [2.45, 2.75) is 58.0 Å². The van der Waals surface area contributed by atoms with Crippen molar-refractivity contribution >= 4 is 0 Å². The van der Waals surface area contributed by atoms with Gasteiger partial charge in [-0.1, -0.05) is 45.6 Å². The molecule has 108 valence electrons. The van der Waals surface area contributed by atoms with Crippen molar-refractivity contribution in [2.75, 3.05) is 0 Å². The van der Waals surface area contributed by atoms with E-state index in [1.165, 1.54) is 6.07 Å². The first kappa shape index (κ1) is 16.0. The van der Waals surface area contributed by atoms with Crippen LogP contribution < -0.4 is 0 Å². The van der Waals surface area contributed by atoms with E-state index in [4.69, 9.17) is 0 Å². The standard InChI is InChI=1S/C15H20F4/c1-3-4-5-6-7-11(2)13-9-8-12(10-14(13)16)15(17,18)19/h8-11H,3-7H2,1-2H3. The monoisotopic (exact) mass is 276 g/mol. The zero-order valence-electron chi connectivity index (χ0n) is 11.4. The number of halogens is 4. The van der Waals surface area contributed by atoms with Gasteiger partial charge in [-0.25, -0.2) is 4.39 Å². The van der Waals surface area contributed by atoms with E-state index in [2.05, 4.69) is 6.92 Å². The largest absolute Gasteiger partial charge is 0.416 e. The highest BCUT2D eigenvalue weighted by Gasteiger charge is 2.31. The number of rotatable bonds is 6. The zero-order valence-corrected chi connectivity index (χ0v) is 11.4. The Morgan fingerprint density at radius 2 is 1.79 bits per heavy atom. The molecule has 0 nitrogen and oxygen atoms in total. The topological polar surface area (TPSA) is 0 Å². The number of hydrogen-bond acceptors (Lipinski definition) is 0. The SMILES string of the molecule is CCCCCCC(C)c1ccc(C(F)(F)F)cc1F. The Balaban J connectivity index is 2.68. The van der Waals surface area contributed by atoms with E-state index >= 15 is 0 Å². The molecule has 1 aromatic rings. The highest BCUT2D eigenvalue weighted by atomic mass is 19.4. The smallest absolute Gasteiger partial charge is 0.207 e. The minimum Gasteiger partial charge on any atom is -0.207 e. The maximum absolute atomic E-state index is 13.7. The summed E-state index contributed by atoms with van der Waals surface area (Å²) in [6.45, 7) is 3.97. The summed E-state index contributed by atoms with van der Waals surface area (Å²) in [7, 11) is 0. The summed E-state index contributed by atoms with van der Waals surface area (Å²) in [6.07, 6.45) is 0.663. The molecule has 1 unspecified atom stereocenters. The van der Waals surface area contributed by atoms with Crippen LogP contribution in [0, 0.1) is 5.82 Å². The van der Waals surface area contributed by atoms with Crippen LogP contribution in [0.5, 0.6) is 0 Å². The maximum Gasteiger partial charge on any atom is 0.416 e. The van der Waals surface area contributed by atoms with Crippen LogP contribution in [0.15, 0.2) is 18.2 Å². The van der Waals surface area contributed by atoms with Gasteiger partial charge in [-0.3, -0.25) is 0 Å². The quantitative estimate of drug-likeness (QED) is 0.447. The number of benzene rings is 1. The van der Waals surface area contributed by atoms with Crippen LogP contribution >= 0.6 is 0 Å². The molecule has 0 aliphatic carbocycles. The molecule has 4 heteroatoms. The second-order valence-corrected chi connectivity index (χ2v) is 4.98. The second-order valence-electron chi connectivity index (χ2n) is 4.98. The minimum atomic E-state index is -4.48. The summed E-state index contributed by atoms with van der Waals surface area (Å²) < 4.78 is 51.0. The van der Waals surface area contributed by atoms with Crippen LogP contribution in [0.3, 0.4) is 0 Å². The van der Waals surface area contributed by atoms with Gasteiger partial charge in [0, 0.05) is 0 Å². The molecule has 1 rings (SSSR count). The Kier molecular flexibility index (Phi) is 5.83. The van der Waals surface area contributed by atoms with Crippen molar-refractivity contribution in [1.82, 2.24) is 0 Å². The number of unbranched alkanes of at least 4 members (excludes halogenated alkanes) is 3. The Labute approximate surface area is 111 Å². The van der Waals surface area contributed by atoms with Gasteiger partial charge in [0.25, 0.3) is 0 Å². The predicted molar refractivity (Wildman–Crippen MR) is 68.6 cm³/mol. The lowest BCUT2D eigenvalue weighted by atomic mass is 9.93. The van der Waals surface area contributed by atoms with Gasteiger partial charge in [-0.05, 0) is 30.0 Å². The van der Waals surface area contributed by atoms with Crippen LogP contribution in [-0.4, -0.2) is 0 Å². The van der Waals surface area contributed by atoms with Gasteiger partial charge >= 0.3 is 6.18 Å². The normalized spacial score (nSPS) is 13.6. The third-order valence-electron chi connectivity index (χ3n) is 3.35. The summed E-state index contributed by atoms with van der Waals surface area (Å²) in [5.41, 5.74) is -0.545. The summed E-state index contributed by atoms with van der Waals surface area (Å²) in [5.74, 6) is -0.794. The van der Waals surface area contributed by atoms with E-state index < -0.39 is 17.6 Å². The third kappa shape index (κ3) is 4.84. The van der Waals surface area contributed by atoms with E-state index in [0.717, 1.165) is 38.2 Å². The molecule has 0 spiro atoms. The third-order valence-corrected chi connectivity index (χ3v) is 3.35. The molecule has 0 amide bonds. The maximum atomic E-state index is 13.7. The number of alkyl halides is 3. The molecule has 0 aliphatic heterocycles. The van der Waals surface area contributed by atoms with Crippen LogP contribution in [-0.2, 0) is 6.18 Å². The van der Waals surface area contributed by atoms with Gasteiger partial charge in [0.15, 0.2) is 0 Å². The van der Waals surface area contributed by atoms with Crippen molar-refractivity contribution in [2.24, 2.45) is 0 Å². The van der Waals surface area contributed by atoms with Crippen LogP contribution in [0.25, 0.3) is 0 Å². The number of hydrogen-bond donors (Lipinski definition) is 0. The molecular formula is C15H20F4. The highest BCUT2D eigenvalue weighted by molar-refractivity contribution is 5.28. The summed E-state index contributed by atoms with van der Waals surface area (Å²) >= 11 is 0. The van der Waals surface area contributed by atoms with Crippen LogP contribution in [0.4, 0.5) is 17.6 Å². The van der Waals surface area contributed by atoms with Crippen molar-refractivity contribution in [3.05, 3.63) is 35.1 Å². The molecule has 0 saturated heterocycles. The van der Waals surface area contributed by atoms with Crippen molar-refractivity contribution in [3.8, 4) is 0 Å². The first-order valence-electron chi connectivity index (χ1n) is 6.73. The van der Waals surface area contributed by atoms with E-state index in [1.54, 1.807) is 0 Å². The van der Waals surface area contributed by atoms with Crippen molar-refractivity contribution in [1.29, 1.82) is 0 Å². The lowest BCUT2D eigenvalue weighted by Crippen LogP contribution is -2.07. The minimum absolute atomic E-state index is 0.0425. The highest BCUT2D eigenvalue weighted by Crippen LogP contribution is 2.32. The van der Waals surface area contributed by atoms with E-state index in [-0.39, 0.29) is 5.92 Å². The average Bonchev–Trinajstić information content (AvgIpc) is 2.33. The predicted octanol–water partition coefficient (Wildman–Crippen LogP) is 5.92. The van der Waals surface area contributed by atoms with Gasteiger partial charge in [0.1, 0.15) is 5.82 Å².